The van der Waals surface area contributed by atoms with Gasteiger partial charge in [-0.2, -0.15) is 13.2 Å². The molecule has 0 saturated carbocycles. The standard InChI is InChI=1S/C18H12Cl2F3NOS2/c1-9(14-12(19)7-10(8-13(14)20)18(21,22)23)15-16(25)24(17(26)27-15)11-5-3-2-4-6-11/h2-9,15H,1H3. The number of halogens is 5. The van der Waals surface area contributed by atoms with E-state index in [0.717, 1.165) is 12.1 Å². The van der Waals surface area contributed by atoms with Gasteiger partial charge in [0.25, 0.3) is 0 Å². The quantitative estimate of drug-likeness (QED) is 0.495. The summed E-state index contributed by atoms with van der Waals surface area (Å²) in [5.41, 5.74) is 0.00879. The van der Waals surface area contributed by atoms with Gasteiger partial charge >= 0.3 is 6.18 Å². The van der Waals surface area contributed by atoms with Crippen LogP contribution < -0.4 is 4.90 Å². The van der Waals surface area contributed by atoms with E-state index >= 15 is 0 Å². The highest BCUT2D eigenvalue weighted by Crippen LogP contribution is 2.45. The highest BCUT2D eigenvalue weighted by atomic mass is 35.5. The van der Waals surface area contributed by atoms with Gasteiger partial charge in [0.05, 0.1) is 16.5 Å². The predicted octanol–water partition coefficient (Wildman–Crippen LogP) is 6.55. The van der Waals surface area contributed by atoms with Crippen LogP contribution in [0.5, 0.6) is 0 Å². The maximum Gasteiger partial charge on any atom is 0.416 e. The molecule has 2 aromatic carbocycles. The van der Waals surface area contributed by atoms with Gasteiger partial charge in [-0.05, 0) is 29.8 Å². The second-order valence-corrected chi connectivity index (χ2v) is 8.54. The van der Waals surface area contributed by atoms with Gasteiger partial charge in [-0.1, -0.05) is 72.3 Å². The summed E-state index contributed by atoms with van der Waals surface area (Å²) in [6.07, 6.45) is -4.56. The molecule has 1 fully saturated rings. The van der Waals surface area contributed by atoms with E-state index in [0.29, 0.717) is 15.6 Å². The third kappa shape index (κ3) is 3.97. The summed E-state index contributed by atoms with van der Waals surface area (Å²) in [5, 5.41) is -0.885. The number of rotatable bonds is 3. The van der Waals surface area contributed by atoms with Gasteiger partial charge in [0.2, 0.25) is 5.91 Å². The molecule has 1 aliphatic rings. The number of amides is 1. The molecule has 2 unspecified atom stereocenters. The molecule has 1 saturated heterocycles. The molecule has 1 amide bonds. The number of carbonyl (C=O) groups excluding carboxylic acids is 1. The van der Waals surface area contributed by atoms with Crippen molar-refractivity contribution in [1.29, 1.82) is 0 Å². The molecular weight excluding hydrogens is 438 g/mol. The minimum atomic E-state index is -4.56. The maximum absolute atomic E-state index is 12.9. The van der Waals surface area contributed by atoms with Crippen molar-refractivity contribution < 1.29 is 18.0 Å². The Morgan fingerprint density at radius 1 is 1.15 bits per heavy atom. The Kier molecular flexibility index (Phi) is 5.77. The molecule has 2 atom stereocenters. The number of hydrogen-bond acceptors (Lipinski definition) is 3. The zero-order valence-electron chi connectivity index (χ0n) is 13.8. The van der Waals surface area contributed by atoms with Crippen LogP contribution in [0, 0.1) is 0 Å². The second kappa shape index (κ2) is 7.62. The van der Waals surface area contributed by atoms with Crippen LogP contribution in [0.4, 0.5) is 18.9 Å². The van der Waals surface area contributed by atoms with Gasteiger partial charge in [0.15, 0.2) is 0 Å². The van der Waals surface area contributed by atoms with Crippen LogP contribution in [0.1, 0.15) is 24.0 Å². The largest absolute Gasteiger partial charge is 0.416 e. The molecule has 0 bridgehead atoms. The Labute approximate surface area is 173 Å². The zero-order valence-corrected chi connectivity index (χ0v) is 16.9. The molecule has 2 nitrogen and oxygen atoms in total. The molecule has 0 aromatic heterocycles. The average molecular weight is 450 g/mol. The number of hydrogen-bond donors (Lipinski definition) is 0. The Bertz CT molecular complexity index is 882. The van der Waals surface area contributed by atoms with Crippen molar-refractivity contribution in [1.82, 2.24) is 0 Å². The molecule has 0 aliphatic carbocycles. The van der Waals surface area contributed by atoms with E-state index in [4.69, 9.17) is 35.4 Å². The van der Waals surface area contributed by atoms with Crippen LogP contribution in [0.15, 0.2) is 42.5 Å². The fraction of sp³-hybridized carbons (Fsp3) is 0.222. The first-order valence-electron chi connectivity index (χ1n) is 7.77. The first kappa shape index (κ1) is 20.5. The lowest BCUT2D eigenvalue weighted by Gasteiger charge is -2.21. The smallest absolute Gasteiger partial charge is 0.273 e. The summed E-state index contributed by atoms with van der Waals surface area (Å²) in [7, 11) is 0. The van der Waals surface area contributed by atoms with Crippen molar-refractivity contribution in [3.05, 3.63) is 63.6 Å². The number of carbonyl (C=O) groups is 1. The van der Waals surface area contributed by atoms with Crippen LogP contribution in [0.25, 0.3) is 0 Å². The molecule has 3 rings (SSSR count). The third-order valence-corrected chi connectivity index (χ3v) is 6.55. The van der Waals surface area contributed by atoms with Gasteiger partial charge in [0.1, 0.15) is 4.32 Å². The van der Waals surface area contributed by atoms with Gasteiger partial charge in [-0.3, -0.25) is 9.69 Å². The Morgan fingerprint density at radius 2 is 1.70 bits per heavy atom. The summed E-state index contributed by atoms with van der Waals surface area (Å²) in [4.78, 5) is 14.4. The van der Waals surface area contributed by atoms with E-state index in [1.165, 1.54) is 16.7 Å². The number of nitrogens with zero attached hydrogens (tertiary/aromatic N) is 1. The van der Waals surface area contributed by atoms with Crippen molar-refractivity contribution in [2.45, 2.75) is 24.3 Å². The molecule has 0 radical (unpaired) electrons. The molecule has 0 spiro atoms. The van der Waals surface area contributed by atoms with Crippen molar-refractivity contribution >= 4 is 63.1 Å². The SMILES string of the molecule is CC(c1c(Cl)cc(C(F)(F)F)cc1Cl)C1SC(=S)N(c2ccccc2)C1=O. The van der Waals surface area contributed by atoms with E-state index in [2.05, 4.69) is 0 Å². The molecule has 27 heavy (non-hydrogen) atoms. The van der Waals surface area contributed by atoms with Crippen LogP contribution in [0.3, 0.4) is 0 Å². The van der Waals surface area contributed by atoms with E-state index in [9.17, 15) is 18.0 Å². The summed E-state index contributed by atoms with van der Waals surface area (Å²) >= 11 is 18.7. The number of benzene rings is 2. The Hall–Kier alpha value is -1.28. The molecule has 0 N–H and O–H groups in total. The maximum atomic E-state index is 12.9. The Balaban J connectivity index is 1.94. The lowest BCUT2D eigenvalue weighted by atomic mass is 9.95. The van der Waals surface area contributed by atoms with Crippen LogP contribution in [-0.4, -0.2) is 15.5 Å². The van der Waals surface area contributed by atoms with Gasteiger partial charge in [-0.15, -0.1) is 0 Å². The fourth-order valence-electron chi connectivity index (χ4n) is 2.89. The summed E-state index contributed by atoms with van der Waals surface area (Å²) in [6, 6.07) is 10.6. The molecule has 1 heterocycles. The predicted molar refractivity (Wildman–Crippen MR) is 108 cm³/mol. The van der Waals surface area contributed by atoms with E-state index in [1.807, 2.05) is 6.07 Å². The highest BCUT2D eigenvalue weighted by molar-refractivity contribution is 8.25. The second-order valence-electron chi connectivity index (χ2n) is 5.95. The normalized spacial score (nSPS) is 18.9. The van der Waals surface area contributed by atoms with Gasteiger partial charge in [-0.25, -0.2) is 0 Å². The fourth-order valence-corrected chi connectivity index (χ4v) is 5.29. The topological polar surface area (TPSA) is 20.3 Å². The molecule has 1 aliphatic heterocycles. The van der Waals surface area contributed by atoms with Crippen molar-refractivity contribution in [2.75, 3.05) is 4.90 Å². The van der Waals surface area contributed by atoms with Crippen LogP contribution in [-0.2, 0) is 11.0 Å². The lowest BCUT2D eigenvalue weighted by Crippen LogP contribution is -2.33. The Morgan fingerprint density at radius 3 is 2.22 bits per heavy atom. The van der Waals surface area contributed by atoms with Crippen LogP contribution in [0.2, 0.25) is 10.0 Å². The summed E-state index contributed by atoms with van der Waals surface area (Å²) < 4.78 is 39.2. The number of anilines is 1. The number of para-hydroxylation sites is 1. The third-order valence-electron chi connectivity index (χ3n) is 4.20. The van der Waals surface area contributed by atoms with Crippen molar-refractivity contribution in [2.24, 2.45) is 0 Å². The molecule has 9 heteroatoms. The highest BCUT2D eigenvalue weighted by Gasteiger charge is 2.43. The minimum absolute atomic E-state index is 0.125. The zero-order chi connectivity index (χ0) is 19.9. The van der Waals surface area contributed by atoms with Gasteiger partial charge in [0, 0.05) is 16.0 Å². The molecular formula is C18H12Cl2F3NOS2. The van der Waals surface area contributed by atoms with Crippen LogP contribution >= 0.6 is 47.2 Å². The molecule has 142 valence electrons. The summed E-state index contributed by atoms with van der Waals surface area (Å²) in [5.74, 6) is -0.785. The average Bonchev–Trinajstić information content (AvgIpc) is 2.88. The number of alkyl halides is 3. The van der Waals surface area contributed by atoms with Gasteiger partial charge < -0.3 is 0 Å². The first-order chi connectivity index (χ1) is 12.6. The first-order valence-corrected chi connectivity index (χ1v) is 9.81. The monoisotopic (exact) mass is 449 g/mol. The molecule has 2 aromatic rings. The van der Waals surface area contributed by atoms with E-state index in [1.54, 1.807) is 31.2 Å². The summed E-state index contributed by atoms with van der Waals surface area (Å²) in [6.45, 7) is 1.70. The van der Waals surface area contributed by atoms with E-state index in [-0.39, 0.29) is 16.0 Å². The van der Waals surface area contributed by atoms with Crippen molar-refractivity contribution in [3.8, 4) is 0 Å². The number of thioether (sulfide) groups is 1. The lowest BCUT2D eigenvalue weighted by molar-refractivity contribution is -0.137. The minimum Gasteiger partial charge on any atom is -0.273 e. The number of thiocarbonyl (C=S) groups is 1. The van der Waals surface area contributed by atoms with Crippen molar-refractivity contribution in [3.63, 3.8) is 0 Å². The van der Waals surface area contributed by atoms with E-state index < -0.39 is 22.9 Å².